The van der Waals surface area contributed by atoms with Crippen LogP contribution in [0, 0.1) is 5.82 Å². The van der Waals surface area contributed by atoms with Crippen molar-refractivity contribution >= 4 is 0 Å². The lowest BCUT2D eigenvalue weighted by atomic mass is 10.0. The van der Waals surface area contributed by atoms with Gasteiger partial charge in [-0.05, 0) is 12.5 Å². The van der Waals surface area contributed by atoms with Gasteiger partial charge in [0, 0.05) is 5.56 Å². The number of methoxy groups -OCH3 is 1. The highest BCUT2D eigenvalue weighted by Crippen LogP contribution is 2.28. The second-order valence-corrected chi connectivity index (χ2v) is 5.29. The maximum atomic E-state index is 14.0. The van der Waals surface area contributed by atoms with Crippen molar-refractivity contribution in [3.05, 3.63) is 29.6 Å². The third-order valence-electron chi connectivity index (χ3n) is 3.65. The van der Waals surface area contributed by atoms with Gasteiger partial charge in [0.2, 0.25) is 0 Å². The van der Waals surface area contributed by atoms with Crippen LogP contribution in [0.2, 0.25) is 0 Å². The lowest BCUT2D eigenvalue weighted by Crippen LogP contribution is -2.02. The third-order valence-corrected chi connectivity index (χ3v) is 3.65. The van der Waals surface area contributed by atoms with Crippen LogP contribution in [0.4, 0.5) is 4.39 Å². The summed E-state index contributed by atoms with van der Waals surface area (Å²) in [5, 5.41) is 10.1. The fraction of sp³-hybridized carbons (Fsp3) is 0.647. The van der Waals surface area contributed by atoms with Crippen LogP contribution in [0.5, 0.6) is 5.75 Å². The Hall–Kier alpha value is -1.09. The molecule has 1 rings (SSSR count). The molecule has 1 unspecified atom stereocenters. The molecule has 1 aromatic carbocycles. The Balaban J connectivity index is 2.31. The van der Waals surface area contributed by atoms with Crippen molar-refractivity contribution in [3.8, 4) is 5.75 Å². The summed E-state index contributed by atoms with van der Waals surface area (Å²) in [6, 6.07) is 4.91. The van der Waals surface area contributed by atoms with Crippen molar-refractivity contribution < 1.29 is 14.2 Å². The number of hydrogen-bond acceptors (Lipinski definition) is 2. The molecule has 1 atom stereocenters. The summed E-state index contributed by atoms with van der Waals surface area (Å²) in [6.07, 6.45) is 8.23. The van der Waals surface area contributed by atoms with E-state index in [9.17, 15) is 9.50 Å². The molecule has 20 heavy (non-hydrogen) atoms. The van der Waals surface area contributed by atoms with Gasteiger partial charge in [0.1, 0.15) is 0 Å². The molecule has 0 amide bonds. The molecule has 114 valence electrons. The average molecular weight is 282 g/mol. The van der Waals surface area contributed by atoms with Crippen LogP contribution in [0.25, 0.3) is 0 Å². The SMILES string of the molecule is CCCCCCCCCC(O)c1cccc(OC)c1F. The second kappa shape index (κ2) is 9.76. The van der Waals surface area contributed by atoms with Gasteiger partial charge in [-0.1, -0.05) is 64.0 Å². The second-order valence-electron chi connectivity index (χ2n) is 5.29. The Morgan fingerprint density at radius 2 is 1.75 bits per heavy atom. The summed E-state index contributed by atoms with van der Waals surface area (Å²) < 4.78 is 18.9. The van der Waals surface area contributed by atoms with Crippen molar-refractivity contribution in [1.82, 2.24) is 0 Å². The Morgan fingerprint density at radius 1 is 1.10 bits per heavy atom. The van der Waals surface area contributed by atoms with Gasteiger partial charge in [-0.2, -0.15) is 0 Å². The van der Waals surface area contributed by atoms with Crippen molar-refractivity contribution in [2.75, 3.05) is 7.11 Å². The number of rotatable bonds is 10. The summed E-state index contributed by atoms with van der Waals surface area (Å²) >= 11 is 0. The van der Waals surface area contributed by atoms with Gasteiger partial charge in [-0.15, -0.1) is 0 Å². The maximum Gasteiger partial charge on any atom is 0.170 e. The molecule has 0 aliphatic carbocycles. The molecule has 1 aromatic rings. The molecule has 0 fully saturated rings. The standard InChI is InChI=1S/C17H27FO2/c1-3-4-5-6-7-8-9-12-15(19)14-11-10-13-16(20-2)17(14)18/h10-11,13,15,19H,3-9,12H2,1-2H3. The molecule has 0 aromatic heterocycles. The zero-order valence-corrected chi connectivity index (χ0v) is 12.7. The van der Waals surface area contributed by atoms with Gasteiger partial charge in [0.25, 0.3) is 0 Å². The first-order chi connectivity index (χ1) is 9.70. The first-order valence-electron chi connectivity index (χ1n) is 7.71. The first kappa shape index (κ1) is 17.0. The highest BCUT2D eigenvalue weighted by Gasteiger charge is 2.15. The van der Waals surface area contributed by atoms with E-state index in [1.165, 1.54) is 39.2 Å². The lowest BCUT2D eigenvalue weighted by molar-refractivity contribution is 0.158. The summed E-state index contributed by atoms with van der Waals surface area (Å²) in [5.74, 6) is -0.244. The van der Waals surface area contributed by atoms with E-state index in [2.05, 4.69) is 6.92 Å². The van der Waals surface area contributed by atoms with Crippen LogP contribution in [0.15, 0.2) is 18.2 Å². The topological polar surface area (TPSA) is 29.5 Å². The molecule has 2 nitrogen and oxygen atoms in total. The molecule has 0 saturated heterocycles. The number of aliphatic hydroxyl groups is 1. The highest BCUT2D eigenvalue weighted by molar-refractivity contribution is 5.32. The molecule has 0 heterocycles. The summed E-state index contributed by atoms with van der Waals surface area (Å²) in [5.41, 5.74) is 0.343. The van der Waals surface area contributed by atoms with E-state index in [0.717, 1.165) is 12.8 Å². The van der Waals surface area contributed by atoms with Gasteiger partial charge < -0.3 is 9.84 Å². The maximum absolute atomic E-state index is 14.0. The molecule has 0 radical (unpaired) electrons. The average Bonchev–Trinajstić information content (AvgIpc) is 2.46. The molecule has 0 aliphatic rings. The van der Waals surface area contributed by atoms with E-state index in [1.54, 1.807) is 18.2 Å². The fourth-order valence-corrected chi connectivity index (χ4v) is 2.39. The molecule has 1 N–H and O–H groups in total. The third kappa shape index (κ3) is 5.49. The Morgan fingerprint density at radius 3 is 2.40 bits per heavy atom. The van der Waals surface area contributed by atoms with Gasteiger partial charge in [0.15, 0.2) is 11.6 Å². The Labute approximate surface area is 122 Å². The summed E-state index contributed by atoms with van der Waals surface area (Å²) in [6.45, 7) is 2.21. The smallest absolute Gasteiger partial charge is 0.170 e. The molecule has 0 saturated carbocycles. The largest absolute Gasteiger partial charge is 0.494 e. The van der Waals surface area contributed by atoms with Gasteiger partial charge in [0.05, 0.1) is 13.2 Å². The van der Waals surface area contributed by atoms with E-state index >= 15 is 0 Å². The van der Waals surface area contributed by atoms with Crippen LogP contribution in [-0.4, -0.2) is 12.2 Å². The number of ether oxygens (including phenoxy) is 1. The Bertz CT molecular complexity index is 379. The summed E-state index contributed by atoms with van der Waals surface area (Å²) in [4.78, 5) is 0. The number of unbranched alkanes of at least 4 members (excludes halogenated alkanes) is 6. The van der Waals surface area contributed by atoms with Crippen LogP contribution in [0.1, 0.15) is 70.0 Å². The van der Waals surface area contributed by atoms with Crippen molar-refractivity contribution in [1.29, 1.82) is 0 Å². The number of aliphatic hydroxyl groups excluding tert-OH is 1. The molecule has 3 heteroatoms. The number of hydrogen-bond donors (Lipinski definition) is 1. The number of benzene rings is 1. The van der Waals surface area contributed by atoms with Crippen LogP contribution in [0.3, 0.4) is 0 Å². The van der Waals surface area contributed by atoms with E-state index in [4.69, 9.17) is 4.74 Å². The van der Waals surface area contributed by atoms with Gasteiger partial charge in [-0.25, -0.2) is 4.39 Å². The van der Waals surface area contributed by atoms with E-state index in [0.29, 0.717) is 12.0 Å². The quantitative estimate of drug-likeness (QED) is 0.611. The predicted octanol–water partition coefficient (Wildman–Crippen LogP) is 5.01. The zero-order valence-electron chi connectivity index (χ0n) is 12.7. The number of halogens is 1. The van der Waals surface area contributed by atoms with E-state index in [1.807, 2.05) is 0 Å². The van der Waals surface area contributed by atoms with Crippen LogP contribution < -0.4 is 4.74 Å². The normalized spacial score (nSPS) is 12.4. The van der Waals surface area contributed by atoms with E-state index in [-0.39, 0.29) is 5.75 Å². The van der Waals surface area contributed by atoms with E-state index < -0.39 is 11.9 Å². The first-order valence-corrected chi connectivity index (χ1v) is 7.71. The monoisotopic (exact) mass is 282 g/mol. The van der Waals surface area contributed by atoms with Crippen molar-refractivity contribution in [2.24, 2.45) is 0 Å². The summed E-state index contributed by atoms with van der Waals surface area (Å²) in [7, 11) is 1.44. The minimum atomic E-state index is -0.735. The van der Waals surface area contributed by atoms with Crippen LogP contribution >= 0.6 is 0 Å². The van der Waals surface area contributed by atoms with Gasteiger partial charge >= 0.3 is 0 Å². The molecular weight excluding hydrogens is 255 g/mol. The minimum Gasteiger partial charge on any atom is -0.494 e. The predicted molar refractivity (Wildman–Crippen MR) is 80.5 cm³/mol. The lowest BCUT2D eigenvalue weighted by Gasteiger charge is -2.13. The minimum absolute atomic E-state index is 0.195. The molecule has 0 spiro atoms. The highest BCUT2D eigenvalue weighted by atomic mass is 19.1. The molecule has 0 bridgehead atoms. The fourth-order valence-electron chi connectivity index (χ4n) is 2.39. The Kier molecular flexibility index (Phi) is 8.28. The molecular formula is C17H27FO2. The molecule has 0 aliphatic heterocycles. The van der Waals surface area contributed by atoms with Gasteiger partial charge in [-0.3, -0.25) is 0 Å². The van der Waals surface area contributed by atoms with Crippen molar-refractivity contribution in [3.63, 3.8) is 0 Å². The van der Waals surface area contributed by atoms with Crippen LogP contribution in [-0.2, 0) is 0 Å². The van der Waals surface area contributed by atoms with Crippen molar-refractivity contribution in [2.45, 2.75) is 64.4 Å². The zero-order chi connectivity index (χ0) is 14.8.